The highest BCUT2D eigenvalue weighted by atomic mass is 32.2. The second-order valence-corrected chi connectivity index (χ2v) is 9.81. The fraction of sp³-hybridized carbons (Fsp3) is 0.273. The number of sulfonamides is 1. The molecular formula is C22H22N4O5S. The van der Waals surface area contributed by atoms with Crippen LogP contribution in [0.4, 0.5) is 5.69 Å². The summed E-state index contributed by atoms with van der Waals surface area (Å²) < 4.78 is 33.1. The van der Waals surface area contributed by atoms with Crippen LogP contribution in [-0.4, -0.2) is 66.7 Å². The second kappa shape index (κ2) is 7.64. The number of H-pyrrole nitrogens is 1. The van der Waals surface area contributed by atoms with E-state index in [-0.39, 0.29) is 42.9 Å². The lowest BCUT2D eigenvalue weighted by Gasteiger charge is -2.34. The third-order valence-corrected chi connectivity index (χ3v) is 7.70. The Hall–Kier alpha value is -3.37. The summed E-state index contributed by atoms with van der Waals surface area (Å²) in [5.41, 5.74) is 1.71. The number of rotatable bonds is 3. The van der Waals surface area contributed by atoms with E-state index in [1.807, 2.05) is 30.3 Å². The lowest BCUT2D eigenvalue weighted by atomic mass is 10.2. The fourth-order valence-electron chi connectivity index (χ4n) is 3.99. The van der Waals surface area contributed by atoms with Gasteiger partial charge in [0.1, 0.15) is 11.4 Å². The van der Waals surface area contributed by atoms with Crippen LogP contribution < -0.4 is 10.1 Å². The van der Waals surface area contributed by atoms with Gasteiger partial charge in [-0.05, 0) is 37.3 Å². The van der Waals surface area contributed by atoms with Gasteiger partial charge in [0.2, 0.25) is 10.0 Å². The molecule has 32 heavy (non-hydrogen) atoms. The molecule has 2 aliphatic heterocycles. The molecule has 0 saturated carbocycles. The molecule has 2 aliphatic rings. The first-order valence-corrected chi connectivity index (χ1v) is 11.8. The van der Waals surface area contributed by atoms with Gasteiger partial charge in [-0.1, -0.05) is 18.2 Å². The summed E-state index contributed by atoms with van der Waals surface area (Å²) >= 11 is 0. The Labute approximate surface area is 185 Å². The minimum Gasteiger partial charge on any atom is -0.479 e. The van der Waals surface area contributed by atoms with E-state index < -0.39 is 16.1 Å². The van der Waals surface area contributed by atoms with Crippen molar-refractivity contribution in [2.45, 2.75) is 17.9 Å². The van der Waals surface area contributed by atoms with Crippen molar-refractivity contribution in [1.29, 1.82) is 0 Å². The van der Waals surface area contributed by atoms with E-state index in [0.29, 0.717) is 17.1 Å². The molecule has 2 N–H and O–H groups in total. The van der Waals surface area contributed by atoms with Gasteiger partial charge in [0.15, 0.2) is 6.10 Å². The van der Waals surface area contributed by atoms with Crippen LogP contribution in [0.25, 0.3) is 10.9 Å². The molecule has 0 spiro atoms. The van der Waals surface area contributed by atoms with Crippen LogP contribution in [0.3, 0.4) is 0 Å². The first-order valence-electron chi connectivity index (χ1n) is 10.3. The van der Waals surface area contributed by atoms with E-state index in [9.17, 15) is 18.0 Å². The van der Waals surface area contributed by atoms with Crippen molar-refractivity contribution < 1.29 is 22.7 Å². The zero-order chi connectivity index (χ0) is 22.5. The first-order chi connectivity index (χ1) is 15.3. The number of ether oxygens (including phenoxy) is 1. The number of anilines is 1. The molecule has 3 heterocycles. The summed E-state index contributed by atoms with van der Waals surface area (Å²) in [6.07, 6.45) is -0.632. The molecule has 1 fully saturated rings. The SMILES string of the molecule is CC1Oc2ccc(S(=O)(=O)N3CCN(C(=O)c4cc5ccccc5[nH]4)CC3)cc2NC1=O. The summed E-state index contributed by atoms with van der Waals surface area (Å²) in [4.78, 5) is 29.6. The largest absolute Gasteiger partial charge is 0.479 e. The van der Waals surface area contributed by atoms with Crippen LogP contribution in [0.2, 0.25) is 0 Å². The summed E-state index contributed by atoms with van der Waals surface area (Å²) in [6, 6.07) is 13.9. The maximum atomic E-state index is 13.1. The van der Waals surface area contributed by atoms with Gasteiger partial charge in [-0.15, -0.1) is 0 Å². The summed E-state index contributed by atoms with van der Waals surface area (Å²) in [5.74, 6) is -0.0398. The standard InChI is InChI=1S/C22H22N4O5S/c1-14-21(27)24-18-13-16(6-7-20(18)31-14)32(29,30)26-10-8-25(9-11-26)22(28)19-12-15-4-2-3-5-17(15)23-19/h2-7,12-14,23H,8-11H2,1H3,(H,24,27). The topological polar surface area (TPSA) is 112 Å². The molecule has 1 aromatic heterocycles. The molecule has 1 saturated heterocycles. The van der Waals surface area contributed by atoms with Gasteiger partial charge in [-0.25, -0.2) is 8.42 Å². The summed E-state index contributed by atoms with van der Waals surface area (Å²) in [7, 11) is -3.78. The van der Waals surface area contributed by atoms with Crippen molar-refractivity contribution in [2.75, 3.05) is 31.5 Å². The Kier molecular flexibility index (Phi) is 4.90. The monoisotopic (exact) mass is 454 g/mol. The van der Waals surface area contributed by atoms with Crippen molar-refractivity contribution in [2.24, 2.45) is 0 Å². The van der Waals surface area contributed by atoms with Crippen molar-refractivity contribution in [1.82, 2.24) is 14.2 Å². The zero-order valence-electron chi connectivity index (χ0n) is 17.4. The Morgan fingerprint density at radius 2 is 1.81 bits per heavy atom. The van der Waals surface area contributed by atoms with E-state index >= 15 is 0 Å². The molecule has 2 amide bonds. The lowest BCUT2D eigenvalue weighted by molar-refractivity contribution is -0.122. The first kappa shape index (κ1) is 20.5. The predicted molar refractivity (Wildman–Crippen MR) is 118 cm³/mol. The Morgan fingerprint density at radius 1 is 1.06 bits per heavy atom. The number of para-hydroxylation sites is 1. The smallest absolute Gasteiger partial charge is 0.270 e. The quantitative estimate of drug-likeness (QED) is 0.629. The molecule has 166 valence electrons. The van der Waals surface area contributed by atoms with Crippen molar-refractivity contribution in [3.8, 4) is 5.75 Å². The predicted octanol–water partition coefficient (Wildman–Crippen LogP) is 2.03. The fourth-order valence-corrected chi connectivity index (χ4v) is 5.44. The van der Waals surface area contributed by atoms with Gasteiger partial charge >= 0.3 is 0 Å². The number of carbonyl (C=O) groups excluding carboxylic acids is 2. The van der Waals surface area contributed by atoms with Crippen LogP contribution in [0.15, 0.2) is 53.4 Å². The number of nitrogens with one attached hydrogen (secondary N) is 2. The number of benzene rings is 2. The highest BCUT2D eigenvalue weighted by Gasteiger charge is 2.32. The molecule has 1 atom stereocenters. The number of fused-ring (bicyclic) bond motifs is 2. The summed E-state index contributed by atoms with van der Waals surface area (Å²) in [5, 5.41) is 3.63. The molecular weight excluding hydrogens is 432 g/mol. The third kappa shape index (κ3) is 3.51. The van der Waals surface area contributed by atoms with E-state index in [2.05, 4.69) is 10.3 Å². The Morgan fingerprint density at radius 3 is 2.56 bits per heavy atom. The molecule has 5 rings (SSSR count). The van der Waals surface area contributed by atoms with Gasteiger partial charge in [0, 0.05) is 37.1 Å². The molecule has 1 unspecified atom stereocenters. The maximum Gasteiger partial charge on any atom is 0.270 e. The molecule has 10 heteroatoms. The average molecular weight is 455 g/mol. The van der Waals surface area contributed by atoms with Gasteiger partial charge in [0.05, 0.1) is 10.6 Å². The molecule has 0 bridgehead atoms. The third-order valence-electron chi connectivity index (χ3n) is 5.81. The number of hydrogen-bond donors (Lipinski definition) is 2. The number of amides is 2. The lowest BCUT2D eigenvalue weighted by Crippen LogP contribution is -2.50. The molecule has 0 aliphatic carbocycles. The van der Waals surface area contributed by atoms with Crippen LogP contribution in [0, 0.1) is 0 Å². The highest BCUT2D eigenvalue weighted by molar-refractivity contribution is 7.89. The number of carbonyl (C=O) groups is 2. The number of nitrogens with zero attached hydrogens (tertiary/aromatic N) is 2. The van der Waals surface area contributed by atoms with Crippen LogP contribution >= 0.6 is 0 Å². The maximum absolute atomic E-state index is 13.1. The zero-order valence-corrected chi connectivity index (χ0v) is 18.2. The van der Waals surface area contributed by atoms with Gasteiger partial charge in [-0.3, -0.25) is 9.59 Å². The van der Waals surface area contributed by atoms with Crippen molar-refractivity contribution >= 4 is 38.4 Å². The van der Waals surface area contributed by atoms with Crippen LogP contribution in [0.5, 0.6) is 5.75 Å². The van der Waals surface area contributed by atoms with Crippen LogP contribution in [-0.2, 0) is 14.8 Å². The summed E-state index contributed by atoms with van der Waals surface area (Å²) in [6.45, 7) is 2.57. The van der Waals surface area contributed by atoms with Gasteiger partial charge < -0.3 is 19.9 Å². The minimum absolute atomic E-state index is 0.0742. The molecule has 2 aromatic carbocycles. The average Bonchev–Trinajstić information content (AvgIpc) is 3.23. The van der Waals surface area contributed by atoms with Crippen molar-refractivity contribution in [3.63, 3.8) is 0 Å². The van der Waals surface area contributed by atoms with Gasteiger partial charge in [0.25, 0.3) is 11.8 Å². The van der Waals surface area contributed by atoms with Crippen molar-refractivity contribution in [3.05, 3.63) is 54.2 Å². The van der Waals surface area contributed by atoms with E-state index in [4.69, 9.17) is 4.74 Å². The highest BCUT2D eigenvalue weighted by Crippen LogP contribution is 2.33. The van der Waals surface area contributed by atoms with E-state index in [1.165, 1.54) is 16.4 Å². The number of hydrogen-bond acceptors (Lipinski definition) is 5. The number of piperazine rings is 1. The minimum atomic E-state index is -3.78. The molecule has 9 nitrogen and oxygen atoms in total. The number of aromatic amines is 1. The Balaban J connectivity index is 1.30. The Bertz CT molecular complexity index is 1290. The van der Waals surface area contributed by atoms with E-state index in [0.717, 1.165) is 10.9 Å². The molecule has 3 aromatic rings. The molecule has 0 radical (unpaired) electrons. The van der Waals surface area contributed by atoms with E-state index in [1.54, 1.807) is 17.9 Å². The van der Waals surface area contributed by atoms with Crippen LogP contribution in [0.1, 0.15) is 17.4 Å². The van der Waals surface area contributed by atoms with Gasteiger partial charge in [-0.2, -0.15) is 4.31 Å². The number of aromatic nitrogens is 1. The second-order valence-electron chi connectivity index (χ2n) is 7.87. The normalized spacial score (nSPS) is 19.3.